The highest BCUT2D eigenvalue weighted by atomic mass is 35.5. The molecule has 166 valence electrons. The third kappa shape index (κ3) is 4.96. The first-order valence-electron chi connectivity index (χ1n) is 10.1. The number of aromatic nitrogens is 1. The van der Waals surface area contributed by atoms with Crippen LogP contribution in [0.3, 0.4) is 0 Å². The van der Waals surface area contributed by atoms with Gasteiger partial charge in [-0.05, 0) is 72.9 Å². The number of pyridine rings is 1. The number of carbonyl (C=O) groups is 1. The van der Waals surface area contributed by atoms with Crippen molar-refractivity contribution in [2.24, 2.45) is 0 Å². The van der Waals surface area contributed by atoms with Crippen LogP contribution in [0.5, 0.6) is 0 Å². The molecule has 1 aromatic heterocycles. The average Bonchev–Trinajstić information content (AvgIpc) is 3.29. The highest BCUT2D eigenvalue weighted by molar-refractivity contribution is 7.89. The predicted octanol–water partition coefficient (Wildman–Crippen LogP) is 4.77. The zero-order chi connectivity index (χ0) is 22.7. The Morgan fingerprint density at radius 3 is 2.38 bits per heavy atom. The fourth-order valence-electron chi connectivity index (χ4n) is 3.73. The van der Waals surface area contributed by atoms with Crippen LogP contribution in [0.2, 0.25) is 10.0 Å². The van der Waals surface area contributed by atoms with Crippen molar-refractivity contribution in [1.29, 1.82) is 0 Å². The number of hydrogen-bond acceptors (Lipinski definition) is 4. The largest absolute Gasteiger partial charge is 0.325 e. The second-order valence-corrected chi connectivity index (χ2v) is 10.3. The topological polar surface area (TPSA) is 79.4 Å². The van der Waals surface area contributed by atoms with Gasteiger partial charge in [0, 0.05) is 24.6 Å². The zero-order valence-electron chi connectivity index (χ0n) is 17.0. The summed E-state index contributed by atoms with van der Waals surface area (Å²) in [6, 6.07) is 14.8. The summed E-state index contributed by atoms with van der Waals surface area (Å²) < 4.78 is 27.5. The molecule has 9 heteroatoms. The highest BCUT2D eigenvalue weighted by Gasteiger charge is 2.39. The van der Waals surface area contributed by atoms with Crippen molar-refractivity contribution >= 4 is 44.8 Å². The lowest BCUT2D eigenvalue weighted by atomic mass is 10.1. The van der Waals surface area contributed by atoms with Crippen LogP contribution in [0.25, 0.3) is 0 Å². The number of hydrogen-bond donors (Lipinski definition) is 1. The van der Waals surface area contributed by atoms with Gasteiger partial charge in [-0.3, -0.25) is 9.78 Å². The first-order chi connectivity index (χ1) is 15.3. The summed E-state index contributed by atoms with van der Waals surface area (Å²) >= 11 is 11.9. The lowest BCUT2D eigenvalue weighted by Gasteiger charge is -2.23. The van der Waals surface area contributed by atoms with Gasteiger partial charge in [0.2, 0.25) is 15.9 Å². The minimum atomic E-state index is -3.88. The van der Waals surface area contributed by atoms with Gasteiger partial charge in [0.25, 0.3) is 0 Å². The quantitative estimate of drug-likeness (QED) is 0.540. The SMILES string of the molecule is O=C(Nc1ccc(Cc2ccncc2)cc1)[C@H]1CCCN1S(=O)(=O)c1ccc(Cl)c(Cl)c1. The predicted molar refractivity (Wildman–Crippen MR) is 125 cm³/mol. The molecule has 3 aromatic rings. The molecule has 4 rings (SSSR count). The van der Waals surface area contributed by atoms with E-state index in [0.717, 1.165) is 17.5 Å². The molecule has 0 spiro atoms. The summed E-state index contributed by atoms with van der Waals surface area (Å²) in [5.74, 6) is -0.354. The monoisotopic (exact) mass is 489 g/mol. The molecular weight excluding hydrogens is 469 g/mol. The van der Waals surface area contributed by atoms with Gasteiger partial charge >= 0.3 is 0 Å². The van der Waals surface area contributed by atoms with E-state index in [1.807, 2.05) is 36.4 Å². The van der Waals surface area contributed by atoms with E-state index >= 15 is 0 Å². The summed E-state index contributed by atoms with van der Waals surface area (Å²) in [6.45, 7) is 0.269. The van der Waals surface area contributed by atoms with Gasteiger partial charge in [0.1, 0.15) is 6.04 Å². The first kappa shape index (κ1) is 22.7. The number of nitrogens with zero attached hydrogens (tertiary/aromatic N) is 2. The van der Waals surface area contributed by atoms with Gasteiger partial charge in [0.15, 0.2) is 0 Å². The maximum atomic E-state index is 13.1. The summed E-state index contributed by atoms with van der Waals surface area (Å²) in [7, 11) is -3.88. The Morgan fingerprint density at radius 1 is 1.00 bits per heavy atom. The van der Waals surface area contributed by atoms with Crippen molar-refractivity contribution in [3.05, 3.63) is 88.2 Å². The minimum Gasteiger partial charge on any atom is -0.325 e. The second kappa shape index (κ2) is 9.58. The maximum Gasteiger partial charge on any atom is 0.243 e. The molecule has 0 bridgehead atoms. The highest BCUT2D eigenvalue weighted by Crippen LogP contribution is 2.30. The summed E-state index contributed by atoms with van der Waals surface area (Å²) in [5.41, 5.74) is 2.86. The third-order valence-electron chi connectivity index (χ3n) is 5.38. The number of benzene rings is 2. The lowest BCUT2D eigenvalue weighted by Crippen LogP contribution is -2.43. The Morgan fingerprint density at radius 2 is 1.69 bits per heavy atom. The number of nitrogens with one attached hydrogen (secondary N) is 1. The number of sulfonamides is 1. The van der Waals surface area contributed by atoms with Crippen LogP contribution >= 0.6 is 23.2 Å². The zero-order valence-corrected chi connectivity index (χ0v) is 19.4. The lowest BCUT2D eigenvalue weighted by molar-refractivity contribution is -0.119. The fraction of sp³-hybridized carbons (Fsp3) is 0.217. The summed E-state index contributed by atoms with van der Waals surface area (Å²) in [4.78, 5) is 17.0. The van der Waals surface area contributed by atoms with Crippen molar-refractivity contribution in [3.8, 4) is 0 Å². The molecule has 0 radical (unpaired) electrons. The second-order valence-electron chi connectivity index (χ2n) is 7.57. The standard InChI is InChI=1S/C23H21Cl2N3O3S/c24-20-8-7-19(15-21(20)25)32(30,31)28-13-1-2-22(28)23(29)27-18-5-3-16(4-6-18)14-17-9-11-26-12-10-17/h3-12,15,22H,1-2,13-14H2,(H,27,29)/t22-/m1/s1. The molecule has 6 nitrogen and oxygen atoms in total. The Bertz CT molecular complexity index is 1220. The normalized spacial score (nSPS) is 16.8. The number of anilines is 1. The van der Waals surface area contributed by atoms with E-state index in [-0.39, 0.29) is 27.4 Å². The molecular formula is C23H21Cl2N3O3S. The number of amides is 1. The minimum absolute atomic E-state index is 0.0204. The molecule has 1 atom stereocenters. The molecule has 0 unspecified atom stereocenters. The van der Waals surface area contributed by atoms with E-state index < -0.39 is 16.1 Å². The fourth-order valence-corrected chi connectivity index (χ4v) is 5.78. The van der Waals surface area contributed by atoms with Crippen molar-refractivity contribution in [2.45, 2.75) is 30.2 Å². The van der Waals surface area contributed by atoms with Crippen LogP contribution in [0.1, 0.15) is 24.0 Å². The summed E-state index contributed by atoms with van der Waals surface area (Å²) in [6.07, 6.45) is 5.32. The van der Waals surface area contributed by atoms with E-state index in [4.69, 9.17) is 23.2 Å². The van der Waals surface area contributed by atoms with Crippen molar-refractivity contribution in [1.82, 2.24) is 9.29 Å². The number of rotatable bonds is 6. The number of carbonyl (C=O) groups excluding carboxylic acids is 1. The summed E-state index contributed by atoms with van der Waals surface area (Å²) in [5, 5.41) is 3.27. The van der Waals surface area contributed by atoms with Crippen LogP contribution in [0, 0.1) is 0 Å². The number of halogens is 2. The van der Waals surface area contributed by atoms with Gasteiger partial charge in [-0.1, -0.05) is 35.3 Å². The first-order valence-corrected chi connectivity index (χ1v) is 12.3. The van der Waals surface area contributed by atoms with Crippen LogP contribution in [-0.2, 0) is 21.2 Å². The molecule has 2 aromatic carbocycles. The van der Waals surface area contributed by atoms with Gasteiger partial charge < -0.3 is 5.32 Å². The maximum absolute atomic E-state index is 13.1. The van der Waals surface area contributed by atoms with E-state index in [9.17, 15) is 13.2 Å². The average molecular weight is 490 g/mol. The Labute approximate surface area is 197 Å². The van der Waals surface area contributed by atoms with E-state index in [2.05, 4.69) is 10.3 Å². The van der Waals surface area contributed by atoms with Crippen molar-refractivity contribution < 1.29 is 13.2 Å². The molecule has 1 aliphatic rings. The van der Waals surface area contributed by atoms with Crippen molar-refractivity contribution in [2.75, 3.05) is 11.9 Å². The molecule has 1 N–H and O–H groups in total. The van der Waals surface area contributed by atoms with Crippen LogP contribution < -0.4 is 5.32 Å². The Kier molecular flexibility index (Phi) is 6.81. The Balaban J connectivity index is 1.46. The van der Waals surface area contributed by atoms with Gasteiger partial charge in [-0.15, -0.1) is 0 Å². The smallest absolute Gasteiger partial charge is 0.243 e. The molecule has 0 saturated carbocycles. The van der Waals surface area contributed by atoms with Crippen LogP contribution in [-0.4, -0.2) is 36.2 Å². The molecule has 0 aliphatic carbocycles. The molecule has 1 saturated heterocycles. The molecule has 32 heavy (non-hydrogen) atoms. The molecule has 1 aliphatic heterocycles. The van der Waals surface area contributed by atoms with Crippen LogP contribution in [0.4, 0.5) is 5.69 Å². The third-order valence-corrected chi connectivity index (χ3v) is 8.03. The van der Waals surface area contributed by atoms with E-state index in [0.29, 0.717) is 18.5 Å². The van der Waals surface area contributed by atoms with E-state index in [1.165, 1.54) is 22.5 Å². The molecule has 1 fully saturated rings. The van der Waals surface area contributed by atoms with Gasteiger partial charge in [-0.2, -0.15) is 4.31 Å². The van der Waals surface area contributed by atoms with Gasteiger partial charge in [-0.25, -0.2) is 8.42 Å². The van der Waals surface area contributed by atoms with E-state index in [1.54, 1.807) is 12.4 Å². The molecule has 1 amide bonds. The van der Waals surface area contributed by atoms with Gasteiger partial charge in [0.05, 0.1) is 14.9 Å². The van der Waals surface area contributed by atoms with Crippen LogP contribution in [0.15, 0.2) is 71.9 Å². The van der Waals surface area contributed by atoms with Crippen molar-refractivity contribution in [3.63, 3.8) is 0 Å². The molecule has 2 heterocycles. The Hall–Kier alpha value is -2.45.